The molecule has 1 aromatic carbocycles. The SMILES string of the molecule is CCCc1nnc(CSc2n[nH]c(-c3ccc(NC(C)=O)cc3)n2)o1. The number of anilines is 1. The molecule has 130 valence electrons. The minimum absolute atomic E-state index is 0.103. The van der Waals surface area contributed by atoms with Crippen molar-refractivity contribution in [1.29, 1.82) is 0 Å². The second-order valence-electron chi connectivity index (χ2n) is 5.35. The zero-order chi connectivity index (χ0) is 17.6. The Morgan fingerprint density at radius 2 is 2.00 bits per heavy atom. The largest absolute Gasteiger partial charge is 0.424 e. The molecule has 0 atom stereocenters. The van der Waals surface area contributed by atoms with Crippen LogP contribution in [0.1, 0.15) is 32.0 Å². The van der Waals surface area contributed by atoms with Gasteiger partial charge in [0.15, 0.2) is 5.82 Å². The fourth-order valence-corrected chi connectivity index (χ4v) is 2.78. The number of nitrogens with zero attached hydrogens (tertiary/aromatic N) is 4. The Balaban J connectivity index is 1.60. The van der Waals surface area contributed by atoms with E-state index in [4.69, 9.17) is 4.42 Å². The Morgan fingerprint density at radius 1 is 1.24 bits per heavy atom. The summed E-state index contributed by atoms with van der Waals surface area (Å²) >= 11 is 1.43. The van der Waals surface area contributed by atoms with E-state index in [1.54, 1.807) is 0 Å². The number of aryl methyl sites for hydroxylation is 1. The minimum Gasteiger partial charge on any atom is -0.424 e. The van der Waals surface area contributed by atoms with Gasteiger partial charge in [-0.3, -0.25) is 9.89 Å². The summed E-state index contributed by atoms with van der Waals surface area (Å²) in [6, 6.07) is 7.38. The Bertz CT molecular complexity index is 842. The minimum atomic E-state index is -0.103. The second-order valence-corrected chi connectivity index (χ2v) is 6.30. The molecule has 1 amide bonds. The van der Waals surface area contributed by atoms with Crippen molar-refractivity contribution < 1.29 is 9.21 Å². The zero-order valence-corrected chi connectivity index (χ0v) is 14.8. The number of hydrogen-bond acceptors (Lipinski definition) is 7. The average molecular weight is 358 g/mol. The number of hydrogen-bond donors (Lipinski definition) is 2. The van der Waals surface area contributed by atoms with Gasteiger partial charge in [0.25, 0.3) is 0 Å². The summed E-state index contributed by atoms with van der Waals surface area (Å²) in [5.41, 5.74) is 1.63. The van der Waals surface area contributed by atoms with E-state index in [2.05, 4.69) is 37.6 Å². The predicted molar refractivity (Wildman–Crippen MR) is 94.0 cm³/mol. The van der Waals surface area contributed by atoms with Crippen LogP contribution in [0.2, 0.25) is 0 Å². The second kappa shape index (κ2) is 7.93. The van der Waals surface area contributed by atoms with E-state index in [1.807, 2.05) is 24.3 Å². The summed E-state index contributed by atoms with van der Waals surface area (Å²) < 4.78 is 5.54. The number of thioether (sulfide) groups is 1. The predicted octanol–water partition coefficient (Wildman–Crippen LogP) is 3.06. The Kier molecular flexibility index (Phi) is 5.44. The van der Waals surface area contributed by atoms with Gasteiger partial charge in [0.2, 0.25) is 22.8 Å². The highest BCUT2D eigenvalue weighted by atomic mass is 32.2. The van der Waals surface area contributed by atoms with E-state index in [1.165, 1.54) is 18.7 Å². The Hall–Kier alpha value is -2.68. The fraction of sp³-hybridized carbons (Fsp3) is 0.312. The first-order chi connectivity index (χ1) is 12.1. The van der Waals surface area contributed by atoms with Crippen molar-refractivity contribution >= 4 is 23.4 Å². The number of H-pyrrole nitrogens is 1. The van der Waals surface area contributed by atoms with Gasteiger partial charge < -0.3 is 9.73 Å². The lowest BCUT2D eigenvalue weighted by Crippen LogP contribution is -2.05. The highest BCUT2D eigenvalue weighted by Crippen LogP contribution is 2.23. The topological polar surface area (TPSA) is 110 Å². The molecule has 0 aliphatic carbocycles. The van der Waals surface area contributed by atoms with Gasteiger partial charge in [0.05, 0.1) is 5.75 Å². The quantitative estimate of drug-likeness (QED) is 0.625. The van der Waals surface area contributed by atoms with Gasteiger partial charge >= 0.3 is 0 Å². The Labute approximate surface area is 148 Å². The highest BCUT2D eigenvalue weighted by molar-refractivity contribution is 7.98. The van der Waals surface area contributed by atoms with E-state index in [0.29, 0.717) is 28.5 Å². The van der Waals surface area contributed by atoms with Crippen LogP contribution in [0.15, 0.2) is 33.8 Å². The van der Waals surface area contributed by atoms with Gasteiger partial charge in [-0.2, -0.15) is 0 Å². The van der Waals surface area contributed by atoms with E-state index < -0.39 is 0 Å². The standard InChI is InChI=1S/C16H18N6O2S/c1-3-4-13-19-20-14(24-13)9-25-16-18-15(21-22-16)11-5-7-12(8-6-11)17-10(2)23/h5-8H,3-4,9H2,1-2H3,(H,17,23)(H,18,21,22). The molecule has 8 nitrogen and oxygen atoms in total. The first-order valence-corrected chi connectivity index (χ1v) is 8.87. The van der Waals surface area contributed by atoms with Gasteiger partial charge in [-0.05, 0) is 30.7 Å². The number of aromatic amines is 1. The van der Waals surface area contributed by atoms with E-state index >= 15 is 0 Å². The number of carbonyl (C=O) groups is 1. The molecule has 0 saturated heterocycles. The van der Waals surface area contributed by atoms with Crippen LogP contribution in [0.3, 0.4) is 0 Å². The molecular formula is C16H18N6O2S. The molecule has 9 heteroatoms. The molecule has 2 N–H and O–H groups in total. The van der Waals surface area contributed by atoms with Crippen LogP contribution in [0.25, 0.3) is 11.4 Å². The van der Waals surface area contributed by atoms with Crippen molar-refractivity contribution in [3.63, 3.8) is 0 Å². The summed E-state index contributed by atoms with van der Waals surface area (Å²) in [5, 5.41) is 18.4. The normalized spacial score (nSPS) is 10.8. The number of carbonyl (C=O) groups excluding carboxylic acids is 1. The van der Waals surface area contributed by atoms with Crippen molar-refractivity contribution in [2.45, 2.75) is 37.6 Å². The van der Waals surface area contributed by atoms with E-state index in [-0.39, 0.29) is 5.91 Å². The van der Waals surface area contributed by atoms with Gasteiger partial charge in [0, 0.05) is 24.6 Å². The average Bonchev–Trinajstić information content (AvgIpc) is 3.23. The maximum Gasteiger partial charge on any atom is 0.226 e. The van der Waals surface area contributed by atoms with Crippen molar-refractivity contribution in [2.24, 2.45) is 0 Å². The Morgan fingerprint density at radius 3 is 2.72 bits per heavy atom. The molecule has 0 aliphatic heterocycles. The van der Waals surface area contributed by atoms with Crippen molar-refractivity contribution in [1.82, 2.24) is 25.4 Å². The first kappa shape index (κ1) is 17.2. The summed E-state index contributed by atoms with van der Waals surface area (Å²) in [5.74, 6) is 2.31. The van der Waals surface area contributed by atoms with Crippen molar-refractivity contribution in [3.05, 3.63) is 36.0 Å². The summed E-state index contributed by atoms with van der Waals surface area (Å²) in [4.78, 5) is 15.5. The molecule has 0 bridgehead atoms. The van der Waals surface area contributed by atoms with Gasteiger partial charge in [-0.25, -0.2) is 4.98 Å². The van der Waals surface area contributed by atoms with Crippen molar-refractivity contribution in [3.8, 4) is 11.4 Å². The van der Waals surface area contributed by atoms with Crippen LogP contribution in [-0.2, 0) is 17.0 Å². The highest BCUT2D eigenvalue weighted by Gasteiger charge is 2.10. The molecule has 3 aromatic rings. The fourth-order valence-electron chi connectivity index (χ4n) is 2.14. The monoisotopic (exact) mass is 358 g/mol. The van der Waals surface area contributed by atoms with Gasteiger partial charge in [-0.1, -0.05) is 18.7 Å². The number of rotatable bonds is 7. The molecule has 2 aromatic heterocycles. The van der Waals surface area contributed by atoms with Crippen LogP contribution in [0.5, 0.6) is 0 Å². The maximum atomic E-state index is 11.0. The summed E-state index contributed by atoms with van der Waals surface area (Å²) in [6.45, 7) is 3.54. The molecule has 0 unspecified atom stereocenters. The molecule has 3 rings (SSSR count). The summed E-state index contributed by atoms with van der Waals surface area (Å²) in [7, 11) is 0. The lowest BCUT2D eigenvalue weighted by atomic mass is 10.2. The van der Waals surface area contributed by atoms with Crippen LogP contribution >= 0.6 is 11.8 Å². The molecule has 25 heavy (non-hydrogen) atoms. The van der Waals surface area contributed by atoms with Crippen molar-refractivity contribution in [2.75, 3.05) is 5.32 Å². The molecule has 2 heterocycles. The lowest BCUT2D eigenvalue weighted by molar-refractivity contribution is -0.114. The third-order valence-electron chi connectivity index (χ3n) is 3.24. The maximum absolute atomic E-state index is 11.0. The first-order valence-electron chi connectivity index (χ1n) is 7.88. The number of amides is 1. The molecule has 0 spiro atoms. The van der Waals surface area contributed by atoms with Gasteiger partial charge in [-0.15, -0.1) is 15.3 Å². The van der Waals surface area contributed by atoms with Crippen LogP contribution < -0.4 is 5.32 Å². The molecule has 0 radical (unpaired) electrons. The van der Waals surface area contributed by atoms with E-state index in [9.17, 15) is 4.79 Å². The van der Waals surface area contributed by atoms with Crippen LogP contribution in [0, 0.1) is 0 Å². The smallest absolute Gasteiger partial charge is 0.226 e. The number of nitrogens with one attached hydrogen (secondary N) is 2. The van der Waals surface area contributed by atoms with Crippen LogP contribution in [-0.4, -0.2) is 31.3 Å². The molecule has 0 aliphatic rings. The number of benzene rings is 1. The summed E-state index contributed by atoms with van der Waals surface area (Å²) in [6.07, 6.45) is 1.76. The molecular weight excluding hydrogens is 340 g/mol. The third kappa shape index (κ3) is 4.66. The van der Waals surface area contributed by atoms with Crippen LogP contribution in [0.4, 0.5) is 5.69 Å². The van der Waals surface area contributed by atoms with E-state index in [0.717, 1.165) is 24.1 Å². The lowest BCUT2D eigenvalue weighted by Gasteiger charge is -2.02. The molecule has 0 fully saturated rings. The molecule has 0 saturated carbocycles. The number of aromatic nitrogens is 5. The third-order valence-corrected chi connectivity index (χ3v) is 4.07. The van der Waals surface area contributed by atoms with Gasteiger partial charge in [0.1, 0.15) is 0 Å². The zero-order valence-electron chi connectivity index (χ0n) is 13.9.